The minimum Gasteiger partial charge on any atom is -0.457 e. The van der Waals surface area contributed by atoms with Crippen LogP contribution in [0.15, 0.2) is 48.5 Å². The summed E-state index contributed by atoms with van der Waals surface area (Å²) >= 11 is 0. The second-order valence-corrected chi connectivity index (χ2v) is 11.0. The summed E-state index contributed by atoms with van der Waals surface area (Å²) in [5.74, 6) is 2.70. The molecule has 200 valence electrons. The molecular formula is C30H37N5O3. The summed E-state index contributed by atoms with van der Waals surface area (Å²) in [6.45, 7) is 7.91. The van der Waals surface area contributed by atoms with Gasteiger partial charge in [-0.05, 0) is 62.1 Å². The summed E-state index contributed by atoms with van der Waals surface area (Å²) in [6, 6.07) is 16.6. The lowest BCUT2D eigenvalue weighted by Gasteiger charge is -2.25. The number of ether oxygens (including phenoxy) is 2. The first-order valence-corrected chi connectivity index (χ1v) is 13.6. The van der Waals surface area contributed by atoms with Crippen LogP contribution < -0.4 is 10.1 Å². The molecule has 1 N–H and O–H groups in total. The van der Waals surface area contributed by atoms with Gasteiger partial charge in [-0.25, -0.2) is 4.98 Å². The quantitative estimate of drug-likeness (QED) is 0.574. The van der Waals surface area contributed by atoms with Gasteiger partial charge >= 0.3 is 0 Å². The predicted octanol–water partition coefficient (Wildman–Crippen LogP) is 3.69. The SMILES string of the molecule is Cc1nc(CN2C[C@@H]3NC(=O)CN(C4CC4)Cc4cccc(c4)Oc4cccc(c4)CO[C@H]3C2)n(C)c1C. The number of fused-ring (bicyclic) bond motifs is 5. The van der Waals surface area contributed by atoms with E-state index >= 15 is 0 Å². The van der Waals surface area contributed by atoms with E-state index in [0.717, 1.165) is 73.2 Å². The molecule has 3 aromatic rings. The average Bonchev–Trinajstić information content (AvgIpc) is 3.63. The summed E-state index contributed by atoms with van der Waals surface area (Å²) < 4.78 is 14.8. The van der Waals surface area contributed by atoms with Crippen molar-refractivity contribution in [2.24, 2.45) is 7.05 Å². The minimum atomic E-state index is -0.110. The van der Waals surface area contributed by atoms with Crippen molar-refractivity contribution in [1.82, 2.24) is 24.7 Å². The van der Waals surface area contributed by atoms with Gasteiger partial charge in [0.25, 0.3) is 0 Å². The zero-order valence-electron chi connectivity index (χ0n) is 22.5. The third-order valence-corrected chi connectivity index (χ3v) is 8.06. The van der Waals surface area contributed by atoms with Gasteiger partial charge in [0.1, 0.15) is 17.3 Å². The maximum atomic E-state index is 13.3. The van der Waals surface area contributed by atoms with Crippen LogP contribution in [0.3, 0.4) is 0 Å². The van der Waals surface area contributed by atoms with E-state index in [1.54, 1.807) is 0 Å². The van der Waals surface area contributed by atoms with Gasteiger partial charge in [-0.2, -0.15) is 0 Å². The Morgan fingerprint density at radius 1 is 1.00 bits per heavy atom. The Morgan fingerprint density at radius 3 is 2.45 bits per heavy atom. The number of carbonyl (C=O) groups is 1. The first kappa shape index (κ1) is 25.1. The molecule has 4 bridgehead atoms. The highest BCUT2D eigenvalue weighted by atomic mass is 16.5. The van der Waals surface area contributed by atoms with Gasteiger partial charge in [0.2, 0.25) is 5.91 Å². The van der Waals surface area contributed by atoms with Gasteiger partial charge in [-0.15, -0.1) is 0 Å². The van der Waals surface area contributed by atoms with E-state index in [2.05, 4.69) is 58.8 Å². The van der Waals surface area contributed by atoms with Crippen LogP contribution in [0.25, 0.3) is 0 Å². The fourth-order valence-corrected chi connectivity index (χ4v) is 5.59. The second-order valence-electron chi connectivity index (χ2n) is 11.0. The highest BCUT2D eigenvalue weighted by Gasteiger charge is 2.37. The number of likely N-dealkylation sites (tertiary alicyclic amines) is 1. The fourth-order valence-electron chi connectivity index (χ4n) is 5.59. The van der Waals surface area contributed by atoms with Crippen LogP contribution in [0, 0.1) is 13.8 Å². The Morgan fingerprint density at radius 2 is 1.74 bits per heavy atom. The Labute approximate surface area is 224 Å². The molecule has 3 aliphatic rings. The lowest BCUT2D eigenvalue weighted by molar-refractivity contribution is -0.124. The molecule has 1 amide bonds. The largest absolute Gasteiger partial charge is 0.457 e. The van der Waals surface area contributed by atoms with Crippen molar-refractivity contribution in [3.8, 4) is 11.5 Å². The number of nitrogens with zero attached hydrogens (tertiary/aromatic N) is 4. The number of nitrogens with one attached hydrogen (secondary N) is 1. The number of imidazole rings is 1. The first-order chi connectivity index (χ1) is 18.4. The Kier molecular flexibility index (Phi) is 6.95. The standard InChI is InChI=1S/C30H37N5O3/c1-20-21(2)33(3)29(31-20)17-34-15-27-28(16-34)37-19-23-7-5-9-26(13-23)38-25-8-4-6-22(12-25)14-35(24-10-11-24)18-30(36)32-27/h4-9,12-13,24,27-28H,10-11,14-19H2,1-3H3,(H,32,36)/t27-,28-/m0/s1. The van der Waals surface area contributed by atoms with Crippen molar-refractivity contribution >= 4 is 5.91 Å². The molecule has 1 saturated heterocycles. The average molecular weight is 516 g/mol. The monoisotopic (exact) mass is 515 g/mol. The van der Waals surface area contributed by atoms with Crippen molar-refractivity contribution < 1.29 is 14.3 Å². The number of benzene rings is 2. The molecule has 2 atom stereocenters. The third kappa shape index (κ3) is 5.62. The molecule has 0 radical (unpaired) electrons. The lowest BCUT2D eigenvalue weighted by atomic mass is 10.1. The molecule has 2 fully saturated rings. The number of hydrogen-bond donors (Lipinski definition) is 1. The van der Waals surface area contributed by atoms with Crippen LogP contribution in [0.1, 0.15) is 41.2 Å². The smallest absolute Gasteiger partial charge is 0.234 e. The normalized spacial score (nSPS) is 23.1. The molecule has 1 saturated carbocycles. The van der Waals surface area contributed by atoms with Gasteiger partial charge in [-0.1, -0.05) is 24.3 Å². The predicted molar refractivity (Wildman–Crippen MR) is 145 cm³/mol. The zero-order valence-corrected chi connectivity index (χ0v) is 22.5. The van der Waals surface area contributed by atoms with Gasteiger partial charge in [0, 0.05) is 38.4 Å². The van der Waals surface area contributed by atoms with Crippen molar-refractivity contribution in [2.45, 2.75) is 64.6 Å². The molecule has 2 aliphatic heterocycles. The number of aromatic nitrogens is 2. The molecule has 8 nitrogen and oxygen atoms in total. The molecule has 1 aliphatic carbocycles. The van der Waals surface area contributed by atoms with Gasteiger partial charge < -0.3 is 19.4 Å². The van der Waals surface area contributed by atoms with Crippen LogP contribution >= 0.6 is 0 Å². The number of hydrogen-bond acceptors (Lipinski definition) is 6. The van der Waals surface area contributed by atoms with Crippen molar-refractivity contribution in [3.05, 3.63) is 76.9 Å². The third-order valence-electron chi connectivity index (χ3n) is 8.06. The molecular weight excluding hydrogens is 478 g/mol. The summed E-state index contributed by atoms with van der Waals surface area (Å²) in [5, 5.41) is 3.33. The zero-order chi connectivity index (χ0) is 26.2. The Balaban J connectivity index is 1.25. The van der Waals surface area contributed by atoms with E-state index in [-0.39, 0.29) is 18.1 Å². The topological polar surface area (TPSA) is 71.9 Å². The molecule has 38 heavy (non-hydrogen) atoms. The molecule has 3 heterocycles. The van der Waals surface area contributed by atoms with E-state index in [0.29, 0.717) is 19.2 Å². The number of carbonyl (C=O) groups excluding carboxylic acids is 1. The van der Waals surface area contributed by atoms with Crippen LogP contribution in [0.2, 0.25) is 0 Å². The molecule has 6 rings (SSSR count). The fraction of sp³-hybridized carbons (Fsp3) is 0.467. The lowest BCUT2D eigenvalue weighted by Crippen LogP contribution is -2.48. The van der Waals surface area contributed by atoms with Crippen molar-refractivity contribution in [1.29, 1.82) is 0 Å². The van der Waals surface area contributed by atoms with Crippen LogP contribution in [0.4, 0.5) is 0 Å². The van der Waals surface area contributed by atoms with E-state index in [4.69, 9.17) is 14.5 Å². The molecule has 2 aromatic carbocycles. The maximum Gasteiger partial charge on any atom is 0.234 e. The van der Waals surface area contributed by atoms with E-state index in [1.807, 2.05) is 30.3 Å². The molecule has 8 heteroatoms. The van der Waals surface area contributed by atoms with Gasteiger partial charge in [0.05, 0.1) is 37.5 Å². The maximum absolute atomic E-state index is 13.3. The van der Waals surface area contributed by atoms with E-state index < -0.39 is 0 Å². The number of amides is 1. The Bertz CT molecular complexity index is 1320. The molecule has 1 aromatic heterocycles. The summed E-state index contributed by atoms with van der Waals surface area (Å²) in [5.41, 5.74) is 4.44. The molecule has 0 spiro atoms. The van der Waals surface area contributed by atoms with Crippen molar-refractivity contribution in [3.63, 3.8) is 0 Å². The van der Waals surface area contributed by atoms with Crippen LogP contribution in [-0.4, -0.2) is 63.1 Å². The van der Waals surface area contributed by atoms with Gasteiger partial charge in [-0.3, -0.25) is 14.6 Å². The number of rotatable bonds is 3. The minimum absolute atomic E-state index is 0.0579. The molecule has 0 unspecified atom stereocenters. The van der Waals surface area contributed by atoms with Crippen molar-refractivity contribution in [2.75, 3.05) is 19.6 Å². The summed E-state index contributed by atoms with van der Waals surface area (Å²) in [7, 11) is 2.07. The summed E-state index contributed by atoms with van der Waals surface area (Å²) in [4.78, 5) is 22.7. The van der Waals surface area contributed by atoms with Gasteiger partial charge in [0.15, 0.2) is 0 Å². The second kappa shape index (κ2) is 10.5. The highest BCUT2D eigenvalue weighted by Crippen LogP contribution is 2.30. The van der Waals surface area contributed by atoms with E-state index in [9.17, 15) is 4.79 Å². The van der Waals surface area contributed by atoms with Crippen LogP contribution in [-0.2, 0) is 36.3 Å². The Hall–Kier alpha value is -3.20. The number of aryl methyl sites for hydroxylation is 1. The highest BCUT2D eigenvalue weighted by molar-refractivity contribution is 5.78. The van der Waals surface area contributed by atoms with Crippen LogP contribution in [0.5, 0.6) is 11.5 Å². The first-order valence-electron chi connectivity index (χ1n) is 13.6. The van der Waals surface area contributed by atoms with E-state index in [1.165, 1.54) is 5.69 Å². The summed E-state index contributed by atoms with van der Waals surface area (Å²) in [6.07, 6.45) is 2.17.